The molecule has 17 heavy (non-hydrogen) atoms. The van der Waals surface area contributed by atoms with E-state index in [1.807, 2.05) is 6.07 Å². The van der Waals surface area contributed by atoms with Gasteiger partial charge in [0.1, 0.15) is 0 Å². The molecule has 0 aliphatic carbocycles. The molecule has 0 radical (unpaired) electrons. The molecule has 0 aliphatic rings. The molecule has 0 aromatic carbocycles. The van der Waals surface area contributed by atoms with Crippen molar-refractivity contribution < 1.29 is 18.3 Å². The minimum Gasteiger partial charge on any atom is -0.476 e. The van der Waals surface area contributed by atoms with E-state index in [-0.39, 0.29) is 17.2 Å². The second-order valence-electron chi connectivity index (χ2n) is 2.95. The van der Waals surface area contributed by atoms with Crippen LogP contribution in [0.4, 0.5) is 0 Å². The van der Waals surface area contributed by atoms with Crippen LogP contribution in [0.2, 0.25) is 0 Å². The summed E-state index contributed by atoms with van der Waals surface area (Å²) in [5.41, 5.74) is 0.676. The fourth-order valence-electron chi connectivity index (χ4n) is 1.01. The topological polar surface area (TPSA) is 120 Å². The summed E-state index contributed by atoms with van der Waals surface area (Å²) >= 11 is 0.741. The van der Waals surface area contributed by atoms with Gasteiger partial charge in [-0.1, -0.05) is 0 Å². The Morgan fingerprint density at radius 2 is 2.35 bits per heavy atom. The summed E-state index contributed by atoms with van der Waals surface area (Å²) in [5, 5.41) is 17.0. The van der Waals surface area contributed by atoms with E-state index in [1.54, 1.807) is 0 Å². The lowest BCUT2D eigenvalue weighted by Crippen LogP contribution is -2.25. The lowest BCUT2D eigenvalue weighted by molar-refractivity contribution is 0.0687. The van der Waals surface area contributed by atoms with Crippen molar-refractivity contribution in [3.63, 3.8) is 0 Å². The number of aromatic nitrogens is 1. The molecule has 0 bridgehead atoms. The van der Waals surface area contributed by atoms with Crippen LogP contribution in [0.25, 0.3) is 0 Å². The average Bonchev–Trinajstić information content (AvgIpc) is 2.74. The van der Waals surface area contributed by atoms with Gasteiger partial charge in [0.25, 0.3) is 10.0 Å². The molecule has 0 saturated carbocycles. The van der Waals surface area contributed by atoms with Crippen LogP contribution < -0.4 is 4.72 Å². The standard InChI is InChI=1S/C8H9N3O4S2/c9-3-1-2-4-11-17(14,15)8-6(7(12)13)10-5-16-8/h5,11H,1-2,4H2,(H,12,13). The SMILES string of the molecule is N#CCCCNS(=O)(=O)c1scnc1C(=O)O. The Bertz CT molecular complexity index is 543. The lowest BCUT2D eigenvalue weighted by Gasteiger charge is -2.03. The number of sulfonamides is 1. The highest BCUT2D eigenvalue weighted by Gasteiger charge is 2.24. The summed E-state index contributed by atoms with van der Waals surface area (Å²) in [4.78, 5) is 14.2. The van der Waals surface area contributed by atoms with Crippen LogP contribution in [0, 0.1) is 11.3 Å². The van der Waals surface area contributed by atoms with Gasteiger partial charge in [-0.2, -0.15) is 5.26 Å². The third-order valence-electron chi connectivity index (χ3n) is 1.74. The van der Waals surface area contributed by atoms with Crippen molar-refractivity contribution in [3.05, 3.63) is 11.2 Å². The number of hydrogen-bond donors (Lipinski definition) is 2. The van der Waals surface area contributed by atoms with Crippen LogP contribution in [0.3, 0.4) is 0 Å². The molecular weight excluding hydrogens is 266 g/mol. The maximum atomic E-state index is 11.7. The van der Waals surface area contributed by atoms with Crippen molar-refractivity contribution in [2.24, 2.45) is 0 Å². The number of thiazole rings is 1. The molecule has 0 aliphatic heterocycles. The molecule has 1 aromatic heterocycles. The highest BCUT2D eigenvalue weighted by atomic mass is 32.2. The Hall–Kier alpha value is -1.50. The Kier molecular flexibility index (Phi) is 4.56. The third kappa shape index (κ3) is 3.48. The highest BCUT2D eigenvalue weighted by Crippen LogP contribution is 2.19. The fraction of sp³-hybridized carbons (Fsp3) is 0.375. The van der Waals surface area contributed by atoms with Crippen molar-refractivity contribution in [1.29, 1.82) is 5.26 Å². The van der Waals surface area contributed by atoms with E-state index < -0.39 is 21.7 Å². The minimum atomic E-state index is -3.86. The molecule has 0 spiro atoms. The van der Waals surface area contributed by atoms with Crippen molar-refractivity contribution in [3.8, 4) is 6.07 Å². The summed E-state index contributed by atoms with van der Waals surface area (Å²) in [7, 11) is -3.86. The number of nitriles is 1. The van der Waals surface area contributed by atoms with Crippen LogP contribution in [0.15, 0.2) is 9.72 Å². The Morgan fingerprint density at radius 3 is 2.94 bits per heavy atom. The van der Waals surface area contributed by atoms with Gasteiger partial charge >= 0.3 is 5.97 Å². The summed E-state index contributed by atoms with van der Waals surface area (Å²) in [5.74, 6) is -1.39. The molecule has 9 heteroatoms. The highest BCUT2D eigenvalue weighted by molar-refractivity contribution is 7.91. The number of rotatable bonds is 6. The first-order chi connectivity index (χ1) is 7.99. The van der Waals surface area contributed by atoms with Crippen molar-refractivity contribution >= 4 is 27.3 Å². The van der Waals surface area contributed by atoms with E-state index in [1.165, 1.54) is 0 Å². The zero-order valence-electron chi connectivity index (χ0n) is 8.58. The van der Waals surface area contributed by atoms with Crippen molar-refractivity contribution in [1.82, 2.24) is 9.71 Å². The Labute approximate surface area is 102 Å². The fourth-order valence-corrected chi connectivity index (χ4v) is 3.26. The van der Waals surface area contributed by atoms with Crippen molar-refractivity contribution in [2.45, 2.75) is 17.1 Å². The molecule has 1 aromatic rings. The van der Waals surface area contributed by atoms with Crippen LogP contribution >= 0.6 is 11.3 Å². The van der Waals surface area contributed by atoms with E-state index >= 15 is 0 Å². The summed E-state index contributed by atoms with van der Waals surface area (Å²) < 4.78 is 25.3. The Balaban J connectivity index is 2.80. The van der Waals surface area contributed by atoms with Crippen LogP contribution in [0.1, 0.15) is 23.3 Å². The number of carboxylic acid groups (broad SMARTS) is 1. The van der Waals surface area contributed by atoms with Crippen LogP contribution in [0.5, 0.6) is 0 Å². The number of nitrogens with zero attached hydrogens (tertiary/aromatic N) is 2. The molecule has 0 atom stereocenters. The van der Waals surface area contributed by atoms with Gasteiger partial charge in [-0.25, -0.2) is 22.9 Å². The maximum Gasteiger partial charge on any atom is 0.356 e. The molecule has 0 fully saturated rings. The number of nitrogens with one attached hydrogen (secondary N) is 1. The molecule has 1 heterocycles. The van der Waals surface area contributed by atoms with E-state index in [4.69, 9.17) is 10.4 Å². The predicted octanol–water partition coefficient (Wildman–Crippen LogP) is 0.423. The molecule has 2 N–H and O–H groups in total. The molecular formula is C8H9N3O4S2. The molecule has 0 saturated heterocycles. The van der Waals surface area contributed by atoms with Gasteiger partial charge in [0.05, 0.1) is 11.6 Å². The summed E-state index contributed by atoms with van der Waals surface area (Å²) in [6.07, 6.45) is 0.605. The molecule has 0 amide bonds. The summed E-state index contributed by atoms with van der Waals surface area (Å²) in [6.45, 7) is 0.0901. The van der Waals surface area contributed by atoms with Crippen LogP contribution in [-0.2, 0) is 10.0 Å². The monoisotopic (exact) mass is 275 g/mol. The smallest absolute Gasteiger partial charge is 0.356 e. The van der Waals surface area contributed by atoms with Crippen molar-refractivity contribution in [2.75, 3.05) is 6.54 Å². The number of carbonyl (C=O) groups is 1. The van der Waals surface area contributed by atoms with Gasteiger partial charge in [0.15, 0.2) is 9.90 Å². The number of hydrogen-bond acceptors (Lipinski definition) is 6. The van der Waals surface area contributed by atoms with E-state index in [9.17, 15) is 13.2 Å². The molecule has 0 unspecified atom stereocenters. The summed E-state index contributed by atoms with van der Waals surface area (Å²) in [6, 6.07) is 1.88. The van der Waals surface area contributed by atoms with Gasteiger partial charge in [-0.3, -0.25) is 0 Å². The largest absolute Gasteiger partial charge is 0.476 e. The number of unbranched alkanes of at least 4 members (excludes halogenated alkanes) is 1. The minimum absolute atomic E-state index is 0.0901. The first-order valence-electron chi connectivity index (χ1n) is 4.52. The quantitative estimate of drug-likeness (QED) is 0.726. The number of carboxylic acids is 1. The second-order valence-corrected chi connectivity index (χ2v) is 5.77. The van der Waals surface area contributed by atoms with Gasteiger partial charge in [-0.05, 0) is 6.42 Å². The third-order valence-corrected chi connectivity index (χ3v) is 4.57. The van der Waals surface area contributed by atoms with E-state index in [2.05, 4.69) is 9.71 Å². The Morgan fingerprint density at radius 1 is 1.65 bits per heavy atom. The molecule has 7 nitrogen and oxygen atoms in total. The normalized spacial score (nSPS) is 11.0. The lowest BCUT2D eigenvalue weighted by atomic mass is 10.3. The van der Waals surface area contributed by atoms with Gasteiger partial charge in [0.2, 0.25) is 0 Å². The van der Waals surface area contributed by atoms with Gasteiger partial charge < -0.3 is 5.11 Å². The maximum absolute atomic E-state index is 11.7. The van der Waals surface area contributed by atoms with E-state index in [0.29, 0.717) is 6.42 Å². The predicted molar refractivity (Wildman–Crippen MR) is 59.1 cm³/mol. The average molecular weight is 275 g/mol. The van der Waals surface area contributed by atoms with Gasteiger partial charge in [0, 0.05) is 13.0 Å². The van der Waals surface area contributed by atoms with Crippen LogP contribution in [-0.4, -0.2) is 31.0 Å². The molecule has 92 valence electrons. The first kappa shape index (κ1) is 13.6. The molecule has 1 rings (SSSR count). The van der Waals surface area contributed by atoms with Gasteiger partial charge in [-0.15, -0.1) is 11.3 Å². The zero-order valence-corrected chi connectivity index (χ0v) is 10.2. The van der Waals surface area contributed by atoms with E-state index in [0.717, 1.165) is 16.8 Å². The second kappa shape index (κ2) is 5.72. The first-order valence-corrected chi connectivity index (χ1v) is 6.88. The number of aromatic carboxylic acids is 1. The zero-order chi connectivity index (χ0) is 12.9.